The predicted octanol–water partition coefficient (Wildman–Crippen LogP) is 0.766. The second-order valence-corrected chi connectivity index (χ2v) is 4.62. The minimum Gasteiger partial charge on any atom is -0.504 e. The van der Waals surface area contributed by atoms with E-state index >= 15 is 0 Å². The zero-order valence-corrected chi connectivity index (χ0v) is 12.2. The summed E-state index contributed by atoms with van der Waals surface area (Å²) in [5.74, 6) is -0.537. The first-order valence-corrected chi connectivity index (χ1v) is 6.40. The monoisotopic (exact) mass is 293 g/mol. The highest BCUT2D eigenvalue weighted by molar-refractivity contribution is 5.97. The van der Waals surface area contributed by atoms with E-state index < -0.39 is 5.91 Å². The van der Waals surface area contributed by atoms with Gasteiger partial charge in [0, 0.05) is 6.04 Å². The smallest absolute Gasteiger partial charge is 0.249 e. The Kier molecular flexibility index (Phi) is 6.19. The van der Waals surface area contributed by atoms with Crippen LogP contribution in [0.1, 0.15) is 25.8 Å². The number of carbonyl (C=O) groups excluding carboxylic acids is 2. The quantitative estimate of drug-likeness (QED) is 0.409. The summed E-state index contributed by atoms with van der Waals surface area (Å²) in [6.07, 6.45) is 1.11. The molecule has 0 aliphatic carbocycles. The number of carbonyl (C=O) groups is 2. The summed E-state index contributed by atoms with van der Waals surface area (Å²) in [7, 11) is 1.44. The van der Waals surface area contributed by atoms with E-state index in [0.717, 1.165) is 0 Å². The Balaban J connectivity index is 2.51. The van der Waals surface area contributed by atoms with Gasteiger partial charge in [-0.05, 0) is 37.6 Å². The average Bonchev–Trinajstić information content (AvgIpc) is 2.39. The van der Waals surface area contributed by atoms with Gasteiger partial charge < -0.3 is 15.2 Å². The van der Waals surface area contributed by atoms with Crippen LogP contribution in [0.2, 0.25) is 0 Å². The van der Waals surface area contributed by atoms with Gasteiger partial charge >= 0.3 is 0 Å². The van der Waals surface area contributed by atoms with Crippen molar-refractivity contribution in [2.45, 2.75) is 26.3 Å². The lowest BCUT2D eigenvalue weighted by Crippen LogP contribution is -2.34. The van der Waals surface area contributed by atoms with E-state index in [9.17, 15) is 14.7 Å². The predicted molar refractivity (Wildman–Crippen MR) is 78.3 cm³/mol. The third kappa shape index (κ3) is 5.94. The highest BCUT2D eigenvalue weighted by Gasteiger charge is 2.09. The number of nitrogens with one attached hydrogen (secondary N) is 2. The van der Waals surface area contributed by atoms with Crippen molar-refractivity contribution in [3.8, 4) is 11.5 Å². The van der Waals surface area contributed by atoms with Crippen LogP contribution in [0.15, 0.2) is 23.3 Å². The van der Waals surface area contributed by atoms with Crippen molar-refractivity contribution < 1.29 is 19.4 Å². The van der Waals surface area contributed by atoms with E-state index in [1.807, 2.05) is 13.8 Å². The Morgan fingerprint density at radius 1 is 1.38 bits per heavy atom. The number of aromatic hydroxyl groups is 1. The molecule has 0 unspecified atom stereocenters. The molecule has 0 fully saturated rings. The molecule has 7 nitrogen and oxygen atoms in total. The summed E-state index contributed by atoms with van der Waals surface area (Å²) < 4.78 is 4.95. The van der Waals surface area contributed by atoms with Gasteiger partial charge in [0.25, 0.3) is 0 Å². The van der Waals surface area contributed by atoms with Crippen LogP contribution in [0.25, 0.3) is 0 Å². The molecule has 21 heavy (non-hydrogen) atoms. The number of ether oxygens (including phenoxy) is 1. The Morgan fingerprint density at radius 2 is 2.10 bits per heavy atom. The van der Waals surface area contributed by atoms with Crippen molar-refractivity contribution in [3.63, 3.8) is 0 Å². The third-order valence-electron chi connectivity index (χ3n) is 2.38. The Bertz CT molecular complexity index is 541. The van der Waals surface area contributed by atoms with Gasteiger partial charge in [0.1, 0.15) is 6.42 Å². The van der Waals surface area contributed by atoms with Gasteiger partial charge in [-0.1, -0.05) is 0 Å². The second-order valence-electron chi connectivity index (χ2n) is 4.62. The molecular weight excluding hydrogens is 274 g/mol. The number of benzene rings is 1. The summed E-state index contributed by atoms with van der Waals surface area (Å²) in [5.41, 5.74) is 2.89. The van der Waals surface area contributed by atoms with E-state index in [4.69, 9.17) is 4.74 Å². The normalized spacial score (nSPS) is 10.7. The van der Waals surface area contributed by atoms with Gasteiger partial charge in [-0.15, -0.1) is 0 Å². The van der Waals surface area contributed by atoms with Crippen molar-refractivity contribution in [2.24, 2.45) is 5.10 Å². The van der Waals surface area contributed by atoms with Gasteiger partial charge in [0.15, 0.2) is 11.5 Å². The fourth-order valence-electron chi connectivity index (χ4n) is 1.51. The molecule has 2 amide bonds. The van der Waals surface area contributed by atoms with Gasteiger partial charge in [-0.2, -0.15) is 5.10 Å². The van der Waals surface area contributed by atoms with Crippen LogP contribution in [0.4, 0.5) is 0 Å². The zero-order chi connectivity index (χ0) is 15.8. The van der Waals surface area contributed by atoms with Gasteiger partial charge in [-0.3, -0.25) is 9.59 Å². The lowest BCUT2D eigenvalue weighted by atomic mass is 10.2. The Morgan fingerprint density at radius 3 is 2.71 bits per heavy atom. The molecule has 0 spiro atoms. The van der Waals surface area contributed by atoms with Crippen LogP contribution in [-0.4, -0.2) is 36.3 Å². The van der Waals surface area contributed by atoms with Crippen LogP contribution in [0, 0.1) is 0 Å². The number of methoxy groups -OCH3 is 1. The summed E-state index contributed by atoms with van der Waals surface area (Å²) in [6, 6.07) is 4.62. The molecule has 0 bridgehead atoms. The van der Waals surface area contributed by atoms with Crippen LogP contribution in [-0.2, 0) is 9.59 Å². The number of hydrazone groups is 1. The number of hydrogen-bond acceptors (Lipinski definition) is 5. The fraction of sp³-hybridized carbons (Fsp3) is 0.357. The molecule has 1 aromatic carbocycles. The van der Waals surface area contributed by atoms with Crippen molar-refractivity contribution in [3.05, 3.63) is 23.8 Å². The minimum absolute atomic E-state index is 0.0155. The summed E-state index contributed by atoms with van der Waals surface area (Å²) in [5, 5.41) is 15.8. The molecule has 114 valence electrons. The SMILES string of the molecule is COc1cc(/C=N/NC(=O)CC(=O)NC(C)C)ccc1O. The largest absolute Gasteiger partial charge is 0.504 e. The lowest BCUT2D eigenvalue weighted by molar-refractivity contribution is -0.129. The second kappa shape index (κ2) is 7.88. The fourth-order valence-corrected chi connectivity index (χ4v) is 1.51. The average molecular weight is 293 g/mol. The topological polar surface area (TPSA) is 100 Å². The molecule has 3 N–H and O–H groups in total. The van der Waals surface area contributed by atoms with E-state index in [-0.39, 0.29) is 24.1 Å². The maximum atomic E-state index is 11.5. The number of hydrogen-bond donors (Lipinski definition) is 3. The third-order valence-corrected chi connectivity index (χ3v) is 2.38. The van der Waals surface area contributed by atoms with E-state index in [1.54, 1.807) is 12.1 Å². The van der Waals surface area contributed by atoms with E-state index in [2.05, 4.69) is 15.8 Å². The molecule has 0 saturated heterocycles. The van der Waals surface area contributed by atoms with Crippen LogP contribution < -0.4 is 15.5 Å². The number of phenols is 1. The lowest BCUT2D eigenvalue weighted by Gasteiger charge is -2.07. The first kappa shape index (κ1) is 16.5. The summed E-state index contributed by atoms with van der Waals surface area (Å²) in [4.78, 5) is 22.8. The number of amides is 2. The number of phenolic OH excluding ortho intramolecular Hbond substituents is 1. The maximum Gasteiger partial charge on any atom is 0.249 e. The molecule has 7 heteroatoms. The van der Waals surface area contributed by atoms with Crippen LogP contribution >= 0.6 is 0 Å². The van der Waals surface area contributed by atoms with Gasteiger partial charge in [0.05, 0.1) is 13.3 Å². The Hall–Kier alpha value is -2.57. The minimum atomic E-state index is -0.504. The highest BCUT2D eigenvalue weighted by Crippen LogP contribution is 2.25. The molecule has 1 rings (SSSR count). The number of rotatable bonds is 6. The summed E-state index contributed by atoms with van der Waals surface area (Å²) >= 11 is 0. The summed E-state index contributed by atoms with van der Waals surface area (Å²) in [6.45, 7) is 3.62. The first-order chi connectivity index (χ1) is 9.92. The van der Waals surface area contributed by atoms with Crippen molar-refractivity contribution in [1.82, 2.24) is 10.7 Å². The molecule has 1 aromatic rings. The molecule has 0 saturated carbocycles. The number of nitrogens with zero attached hydrogens (tertiary/aromatic N) is 1. The van der Waals surface area contributed by atoms with Crippen LogP contribution in [0.3, 0.4) is 0 Å². The molecule has 0 aliphatic heterocycles. The molecule has 0 heterocycles. The zero-order valence-electron chi connectivity index (χ0n) is 12.2. The van der Waals surface area contributed by atoms with Crippen molar-refractivity contribution >= 4 is 18.0 Å². The Labute approximate surface area is 123 Å². The highest BCUT2D eigenvalue weighted by atomic mass is 16.5. The van der Waals surface area contributed by atoms with Crippen molar-refractivity contribution in [1.29, 1.82) is 0 Å². The van der Waals surface area contributed by atoms with Crippen LogP contribution in [0.5, 0.6) is 11.5 Å². The van der Waals surface area contributed by atoms with Gasteiger partial charge in [-0.25, -0.2) is 5.43 Å². The standard InChI is InChI=1S/C14H19N3O4/c1-9(2)16-13(19)7-14(20)17-15-8-10-4-5-11(18)12(6-10)21-3/h4-6,8-9,18H,7H2,1-3H3,(H,16,19)(H,17,20)/b15-8+. The first-order valence-electron chi connectivity index (χ1n) is 6.40. The molecule has 0 aromatic heterocycles. The van der Waals surface area contributed by atoms with E-state index in [1.165, 1.54) is 19.4 Å². The van der Waals surface area contributed by atoms with E-state index in [0.29, 0.717) is 11.3 Å². The maximum absolute atomic E-state index is 11.5. The van der Waals surface area contributed by atoms with Crippen molar-refractivity contribution in [2.75, 3.05) is 7.11 Å². The molecular formula is C14H19N3O4. The molecule has 0 atom stereocenters. The molecule has 0 radical (unpaired) electrons. The molecule has 0 aliphatic rings. The van der Waals surface area contributed by atoms with Gasteiger partial charge in [0.2, 0.25) is 11.8 Å².